The average molecular weight is 442 g/mol. The zero-order valence-electron chi connectivity index (χ0n) is 17.8. The maximum atomic E-state index is 13.1. The third-order valence-corrected chi connectivity index (χ3v) is 7.04. The van der Waals surface area contributed by atoms with Crippen molar-refractivity contribution in [3.8, 4) is 0 Å². The van der Waals surface area contributed by atoms with E-state index in [0.29, 0.717) is 5.92 Å². The van der Waals surface area contributed by atoms with E-state index in [0.717, 1.165) is 25.9 Å². The van der Waals surface area contributed by atoms with E-state index in [9.17, 15) is 20.1 Å². The number of aromatic nitrogens is 1. The van der Waals surface area contributed by atoms with Crippen molar-refractivity contribution in [1.82, 2.24) is 15.2 Å². The maximum Gasteiger partial charge on any atom is 0.237 e. The summed E-state index contributed by atoms with van der Waals surface area (Å²) in [5.74, 6) is 0.252. The maximum absolute atomic E-state index is 13.1. The van der Waals surface area contributed by atoms with E-state index in [1.54, 1.807) is 6.26 Å². The predicted octanol–water partition coefficient (Wildman–Crippen LogP) is 0.168. The molecule has 2 aliphatic rings. The van der Waals surface area contributed by atoms with Crippen molar-refractivity contribution in [3.63, 3.8) is 0 Å². The Balaban J connectivity index is 1.64. The van der Waals surface area contributed by atoms with Gasteiger partial charge >= 0.3 is 0 Å². The number of nitrogens with one attached hydrogen (secondary N) is 2. The molecule has 1 aromatic heterocycles. The zero-order valence-corrected chi connectivity index (χ0v) is 18.7. The molecule has 2 saturated heterocycles. The van der Waals surface area contributed by atoms with Gasteiger partial charge in [0.1, 0.15) is 29.9 Å². The van der Waals surface area contributed by atoms with Crippen LogP contribution in [-0.4, -0.2) is 80.5 Å². The van der Waals surface area contributed by atoms with Gasteiger partial charge in [-0.3, -0.25) is 4.79 Å². The number of aliphatic hydroxyl groups excluding tert-OH is 3. The van der Waals surface area contributed by atoms with Crippen molar-refractivity contribution in [2.45, 2.75) is 75.2 Å². The van der Waals surface area contributed by atoms with Gasteiger partial charge in [0.25, 0.3) is 0 Å². The standard InChI is InChI=1S/C21H35N3O5S/c1-12(2)15(19-17(26)16(25)18(27)21(29-19)30-3)23-20(28)14-10-13(6-7-22-14)11-24-8-4-5-9-24/h4-5,8-9,12-19,21-22,25-27H,6-7,10-11H2,1-3H3,(H,23,28). The molecule has 3 rings (SSSR count). The summed E-state index contributed by atoms with van der Waals surface area (Å²) in [5.41, 5.74) is -0.662. The largest absolute Gasteiger partial charge is 0.388 e. The Morgan fingerprint density at radius 2 is 1.93 bits per heavy atom. The van der Waals surface area contributed by atoms with Crippen LogP contribution in [-0.2, 0) is 16.1 Å². The van der Waals surface area contributed by atoms with E-state index >= 15 is 0 Å². The van der Waals surface area contributed by atoms with Gasteiger partial charge in [0, 0.05) is 18.9 Å². The van der Waals surface area contributed by atoms with Crippen molar-refractivity contribution >= 4 is 17.7 Å². The van der Waals surface area contributed by atoms with Gasteiger partial charge in [0.2, 0.25) is 5.91 Å². The topological polar surface area (TPSA) is 116 Å². The fourth-order valence-electron chi connectivity index (χ4n) is 4.41. The fraction of sp³-hybridized carbons (Fsp3) is 0.762. The van der Waals surface area contributed by atoms with Crippen molar-refractivity contribution in [3.05, 3.63) is 24.5 Å². The molecule has 0 saturated carbocycles. The number of carbonyl (C=O) groups excluding carboxylic acids is 1. The van der Waals surface area contributed by atoms with Crippen LogP contribution in [0.1, 0.15) is 26.7 Å². The number of nitrogens with zero attached hydrogens (tertiary/aromatic N) is 1. The van der Waals surface area contributed by atoms with Crippen LogP contribution in [0.5, 0.6) is 0 Å². The smallest absolute Gasteiger partial charge is 0.237 e. The highest BCUT2D eigenvalue weighted by Crippen LogP contribution is 2.30. The van der Waals surface area contributed by atoms with E-state index in [4.69, 9.17) is 4.74 Å². The van der Waals surface area contributed by atoms with E-state index in [1.165, 1.54) is 11.8 Å². The van der Waals surface area contributed by atoms with Gasteiger partial charge in [-0.25, -0.2) is 0 Å². The molecule has 2 aliphatic heterocycles. The molecule has 0 aliphatic carbocycles. The second-order valence-electron chi connectivity index (χ2n) is 8.73. The molecule has 0 radical (unpaired) electrons. The Bertz CT molecular complexity index is 672. The van der Waals surface area contributed by atoms with Crippen molar-refractivity contribution < 1.29 is 24.9 Å². The summed E-state index contributed by atoms with van der Waals surface area (Å²) in [6.45, 7) is 5.54. The highest BCUT2D eigenvalue weighted by Gasteiger charge is 2.47. The monoisotopic (exact) mass is 441 g/mol. The van der Waals surface area contributed by atoms with Crippen LogP contribution < -0.4 is 10.6 Å². The first-order valence-electron chi connectivity index (χ1n) is 10.7. The van der Waals surface area contributed by atoms with Crippen LogP contribution in [0.4, 0.5) is 0 Å². The van der Waals surface area contributed by atoms with Crippen molar-refractivity contribution in [1.29, 1.82) is 0 Å². The molecular formula is C21H35N3O5S. The minimum absolute atomic E-state index is 0.0298. The Hall–Kier alpha value is -1.10. The van der Waals surface area contributed by atoms with Gasteiger partial charge in [0.05, 0.1) is 12.1 Å². The normalized spacial score (nSPS) is 35.9. The number of piperidine rings is 1. The first-order valence-corrected chi connectivity index (χ1v) is 12.0. The quantitative estimate of drug-likeness (QED) is 0.410. The molecule has 8 atom stereocenters. The molecule has 5 N–H and O–H groups in total. The second kappa shape index (κ2) is 10.5. The van der Waals surface area contributed by atoms with Crippen LogP contribution in [0, 0.1) is 11.8 Å². The average Bonchev–Trinajstić information content (AvgIpc) is 3.24. The van der Waals surface area contributed by atoms with Crippen LogP contribution >= 0.6 is 11.8 Å². The number of carbonyl (C=O) groups is 1. The summed E-state index contributed by atoms with van der Waals surface area (Å²) < 4.78 is 8.04. The Kier molecular flexibility index (Phi) is 8.23. The van der Waals surface area contributed by atoms with Crippen molar-refractivity contribution in [2.75, 3.05) is 12.8 Å². The van der Waals surface area contributed by atoms with Crippen LogP contribution in [0.25, 0.3) is 0 Å². The van der Waals surface area contributed by atoms with Gasteiger partial charge in [-0.2, -0.15) is 0 Å². The highest BCUT2D eigenvalue weighted by molar-refractivity contribution is 7.99. The third kappa shape index (κ3) is 5.38. The van der Waals surface area contributed by atoms with Gasteiger partial charge in [-0.1, -0.05) is 13.8 Å². The molecular weight excluding hydrogens is 406 g/mol. The molecule has 8 unspecified atom stereocenters. The molecule has 1 aromatic rings. The number of rotatable bonds is 7. The lowest BCUT2D eigenvalue weighted by molar-refractivity contribution is -0.208. The van der Waals surface area contributed by atoms with Gasteiger partial charge < -0.3 is 35.3 Å². The third-order valence-electron chi connectivity index (χ3n) is 6.18. The summed E-state index contributed by atoms with van der Waals surface area (Å²) in [6, 6.07) is 3.20. The number of amides is 1. The molecule has 30 heavy (non-hydrogen) atoms. The van der Waals surface area contributed by atoms with Crippen LogP contribution in [0.15, 0.2) is 24.5 Å². The molecule has 9 heteroatoms. The first-order chi connectivity index (χ1) is 14.3. The Morgan fingerprint density at radius 1 is 1.23 bits per heavy atom. The van der Waals surface area contributed by atoms with E-state index in [1.807, 2.05) is 38.4 Å². The van der Waals surface area contributed by atoms with Gasteiger partial charge in [-0.15, -0.1) is 11.8 Å². The Labute approximate surface area is 182 Å². The Morgan fingerprint density at radius 3 is 2.57 bits per heavy atom. The van der Waals surface area contributed by atoms with Crippen LogP contribution in [0.3, 0.4) is 0 Å². The SMILES string of the molecule is CSC1OC(C(NC(=O)C2CC(Cn3cccc3)CCN2)C(C)C)C(O)C(O)C1O. The lowest BCUT2D eigenvalue weighted by atomic mass is 9.87. The number of hydrogen-bond donors (Lipinski definition) is 5. The summed E-state index contributed by atoms with van der Waals surface area (Å²) in [5, 5.41) is 37.3. The van der Waals surface area contributed by atoms with Crippen molar-refractivity contribution in [2.24, 2.45) is 11.8 Å². The number of hydrogen-bond acceptors (Lipinski definition) is 7. The minimum Gasteiger partial charge on any atom is -0.388 e. The predicted molar refractivity (Wildman–Crippen MR) is 116 cm³/mol. The second-order valence-corrected chi connectivity index (χ2v) is 9.67. The molecule has 0 spiro atoms. The fourth-order valence-corrected chi connectivity index (χ4v) is 5.09. The first kappa shape index (κ1) is 23.6. The highest BCUT2D eigenvalue weighted by atomic mass is 32.2. The zero-order chi connectivity index (χ0) is 21.8. The number of thioether (sulfide) groups is 1. The molecule has 0 aromatic carbocycles. The van der Waals surface area contributed by atoms with E-state index in [-0.39, 0.29) is 17.9 Å². The molecule has 0 bridgehead atoms. The molecule has 170 valence electrons. The lowest BCUT2D eigenvalue weighted by Gasteiger charge is -2.44. The lowest BCUT2D eigenvalue weighted by Crippen LogP contribution is -2.65. The summed E-state index contributed by atoms with van der Waals surface area (Å²) in [6.07, 6.45) is 3.01. The van der Waals surface area contributed by atoms with E-state index in [2.05, 4.69) is 15.2 Å². The molecule has 8 nitrogen and oxygen atoms in total. The summed E-state index contributed by atoms with van der Waals surface area (Å²) >= 11 is 1.27. The summed E-state index contributed by atoms with van der Waals surface area (Å²) in [7, 11) is 0. The minimum atomic E-state index is -1.32. The van der Waals surface area contributed by atoms with Gasteiger partial charge in [0.15, 0.2) is 0 Å². The number of ether oxygens (including phenoxy) is 1. The van der Waals surface area contributed by atoms with Crippen LogP contribution in [0.2, 0.25) is 0 Å². The molecule has 1 amide bonds. The molecule has 3 heterocycles. The van der Waals surface area contributed by atoms with E-state index < -0.39 is 35.9 Å². The number of aliphatic hydroxyl groups is 3. The molecule has 2 fully saturated rings. The van der Waals surface area contributed by atoms with Gasteiger partial charge in [-0.05, 0) is 49.6 Å². The summed E-state index contributed by atoms with van der Waals surface area (Å²) in [4.78, 5) is 13.1.